The molecule has 43 heavy (non-hydrogen) atoms. The molecule has 7 nitrogen and oxygen atoms in total. The van der Waals surface area contributed by atoms with Gasteiger partial charge in [0.25, 0.3) is 0 Å². The van der Waals surface area contributed by atoms with E-state index >= 15 is 0 Å². The Hall–Kier alpha value is -2.74. The van der Waals surface area contributed by atoms with Crippen molar-refractivity contribution in [1.82, 2.24) is 14.8 Å². The normalized spacial score (nSPS) is 16.0. The SMILES string of the molecule is O=C(OCc1cccc(C(F)(F)F)c1)C(CO)c1cccs1.OC(Cc1ccccc1Cl)(Cn1[nH]cnc1=S)C1(Cl)CC1. The van der Waals surface area contributed by atoms with Crippen LogP contribution in [0.5, 0.6) is 0 Å². The Morgan fingerprint density at radius 3 is 2.51 bits per heavy atom. The number of halogens is 5. The van der Waals surface area contributed by atoms with E-state index in [2.05, 4.69) is 10.1 Å². The highest BCUT2D eigenvalue weighted by Crippen LogP contribution is 2.53. The lowest BCUT2D eigenvalue weighted by Crippen LogP contribution is -2.47. The molecule has 1 fully saturated rings. The van der Waals surface area contributed by atoms with Crippen molar-refractivity contribution in [3.8, 4) is 0 Å². The average Bonchev–Trinajstić information content (AvgIpc) is 3.31. The molecule has 2 aromatic carbocycles. The third kappa shape index (κ3) is 8.46. The Balaban J connectivity index is 0.000000197. The second-order valence-electron chi connectivity index (χ2n) is 10.1. The van der Waals surface area contributed by atoms with Gasteiger partial charge in [0.15, 0.2) is 0 Å². The molecule has 4 aromatic rings. The number of aliphatic hydroxyl groups excluding tert-OH is 1. The molecule has 0 amide bonds. The van der Waals surface area contributed by atoms with Gasteiger partial charge >= 0.3 is 12.1 Å². The number of thiophene rings is 1. The van der Waals surface area contributed by atoms with Gasteiger partial charge in [-0.1, -0.05) is 48.0 Å². The molecule has 5 rings (SSSR count). The van der Waals surface area contributed by atoms with Crippen molar-refractivity contribution in [2.45, 2.75) is 55.0 Å². The highest BCUT2D eigenvalue weighted by atomic mass is 35.5. The van der Waals surface area contributed by atoms with Crippen LogP contribution in [0.15, 0.2) is 72.4 Å². The zero-order chi connectivity index (χ0) is 31.3. The van der Waals surface area contributed by atoms with E-state index in [1.54, 1.807) is 22.2 Å². The summed E-state index contributed by atoms with van der Waals surface area (Å²) >= 11 is 19.2. The van der Waals surface area contributed by atoms with E-state index in [1.165, 1.54) is 29.8 Å². The predicted molar refractivity (Wildman–Crippen MR) is 161 cm³/mol. The Labute approximate surface area is 264 Å². The topological polar surface area (TPSA) is 100 Å². The number of aliphatic hydroxyl groups is 2. The number of alkyl halides is 4. The smallest absolute Gasteiger partial charge is 0.416 e. The molecule has 0 radical (unpaired) electrons. The summed E-state index contributed by atoms with van der Waals surface area (Å²) in [4.78, 5) is 15.9. The van der Waals surface area contributed by atoms with Crippen molar-refractivity contribution in [3.05, 3.63) is 104 Å². The van der Waals surface area contributed by atoms with Crippen LogP contribution >= 0.6 is 46.8 Å². The molecule has 14 heteroatoms. The third-order valence-electron chi connectivity index (χ3n) is 6.99. The van der Waals surface area contributed by atoms with E-state index in [0.717, 1.165) is 30.5 Å². The summed E-state index contributed by atoms with van der Waals surface area (Å²) in [7, 11) is 0. The number of carbonyl (C=O) groups is 1. The molecule has 0 spiro atoms. The molecule has 1 aliphatic rings. The van der Waals surface area contributed by atoms with Crippen molar-refractivity contribution in [1.29, 1.82) is 0 Å². The van der Waals surface area contributed by atoms with Gasteiger partial charge in [-0.3, -0.25) is 14.6 Å². The van der Waals surface area contributed by atoms with E-state index < -0.39 is 40.7 Å². The number of H-pyrrole nitrogens is 1. The summed E-state index contributed by atoms with van der Waals surface area (Å²) in [5, 5.41) is 25.8. The molecule has 1 aliphatic carbocycles. The number of esters is 1. The number of aromatic amines is 1. The summed E-state index contributed by atoms with van der Waals surface area (Å²) in [6.07, 6.45) is -1.01. The fourth-order valence-electron chi connectivity index (χ4n) is 4.40. The quantitative estimate of drug-likeness (QED) is 0.0960. The van der Waals surface area contributed by atoms with E-state index in [4.69, 9.17) is 40.2 Å². The monoisotopic (exact) mass is 673 g/mol. The molecule has 1 saturated carbocycles. The number of ether oxygens (including phenoxy) is 1. The van der Waals surface area contributed by atoms with Crippen LogP contribution in [0.4, 0.5) is 13.2 Å². The number of hydrogen-bond acceptors (Lipinski definition) is 7. The van der Waals surface area contributed by atoms with Gasteiger partial charge in [-0.25, -0.2) is 4.98 Å². The van der Waals surface area contributed by atoms with Gasteiger partial charge in [0.05, 0.1) is 23.6 Å². The van der Waals surface area contributed by atoms with Gasteiger partial charge in [0.1, 0.15) is 24.5 Å². The molecular formula is C29H28Cl2F3N3O4S2. The maximum atomic E-state index is 12.6. The molecule has 2 atom stereocenters. The van der Waals surface area contributed by atoms with E-state index in [9.17, 15) is 28.2 Å². The van der Waals surface area contributed by atoms with Crippen LogP contribution in [0.2, 0.25) is 5.02 Å². The Morgan fingerprint density at radius 2 is 1.93 bits per heavy atom. The number of benzene rings is 2. The Morgan fingerprint density at radius 1 is 1.19 bits per heavy atom. The first-order chi connectivity index (χ1) is 20.3. The second-order valence-corrected chi connectivity index (χ2v) is 12.6. The van der Waals surface area contributed by atoms with E-state index in [1.807, 2.05) is 24.3 Å². The molecule has 0 bridgehead atoms. The number of rotatable bonds is 10. The number of nitrogens with zero attached hydrogens (tertiary/aromatic N) is 2. The van der Waals surface area contributed by atoms with Crippen LogP contribution < -0.4 is 0 Å². The summed E-state index contributed by atoms with van der Waals surface area (Å²) in [5.41, 5.74) is -0.812. The maximum Gasteiger partial charge on any atom is 0.416 e. The van der Waals surface area contributed by atoms with Crippen LogP contribution in [0, 0.1) is 4.77 Å². The number of carbonyl (C=O) groups excluding carboxylic acids is 1. The molecule has 2 aromatic heterocycles. The van der Waals surface area contributed by atoms with Gasteiger partial charge in [-0.15, -0.1) is 22.9 Å². The molecule has 0 saturated heterocycles. The molecule has 0 aliphatic heterocycles. The van der Waals surface area contributed by atoms with Crippen molar-refractivity contribution in [2.24, 2.45) is 0 Å². The van der Waals surface area contributed by atoms with Gasteiger partial charge in [0.2, 0.25) is 4.77 Å². The summed E-state index contributed by atoms with van der Waals surface area (Å²) < 4.78 is 44.8. The molecule has 3 N–H and O–H groups in total. The van der Waals surface area contributed by atoms with Crippen molar-refractivity contribution in [3.63, 3.8) is 0 Å². The largest absolute Gasteiger partial charge is 0.460 e. The minimum absolute atomic E-state index is 0.242. The first-order valence-corrected chi connectivity index (χ1v) is 15.1. The van der Waals surface area contributed by atoms with Crippen molar-refractivity contribution >= 4 is 52.7 Å². The Kier molecular flexibility index (Phi) is 10.7. The maximum absolute atomic E-state index is 12.6. The zero-order valence-electron chi connectivity index (χ0n) is 22.6. The highest BCUT2D eigenvalue weighted by Gasteiger charge is 2.58. The fraction of sp³-hybridized carbons (Fsp3) is 0.345. The van der Waals surface area contributed by atoms with Gasteiger partial charge in [0, 0.05) is 16.3 Å². The van der Waals surface area contributed by atoms with Gasteiger partial charge in [-0.2, -0.15) is 13.2 Å². The molecule has 230 valence electrons. The minimum Gasteiger partial charge on any atom is -0.460 e. The van der Waals surface area contributed by atoms with E-state index in [0.29, 0.717) is 21.1 Å². The lowest BCUT2D eigenvalue weighted by molar-refractivity contribution is -0.147. The average molecular weight is 675 g/mol. The van der Waals surface area contributed by atoms with Gasteiger partial charge < -0.3 is 14.9 Å². The Bertz CT molecular complexity index is 1580. The van der Waals surface area contributed by atoms with Crippen molar-refractivity contribution < 1.29 is 32.9 Å². The fourth-order valence-corrected chi connectivity index (χ4v) is 5.80. The van der Waals surface area contributed by atoms with Crippen LogP contribution in [0.1, 0.15) is 40.3 Å². The summed E-state index contributed by atoms with van der Waals surface area (Å²) in [6, 6.07) is 15.5. The predicted octanol–water partition coefficient (Wildman–Crippen LogP) is 6.93. The minimum atomic E-state index is -4.44. The highest BCUT2D eigenvalue weighted by molar-refractivity contribution is 7.71. The summed E-state index contributed by atoms with van der Waals surface area (Å²) in [5.74, 6) is -1.48. The third-order valence-corrected chi connectivity index (χ3v) is 9.40. The number of nitrogens with one attached hydrogen (secondary N) is 1. The first kappa shape index (κ1) is 33.2. The van der Waals surface area contributed by atoms with Crippen LogP contribution in [0.25, 0.3) is 0 Å². The zero-order valence-corrected chi connectivity index (χ0v) is 25.7. The van der Waals surface area contributed by atoms with Crippen molar-refractivity contribution in [2.75, 3.05) is 6.61 Å². The molecular weight excluding hydrogens is 646 g/mol. The first-order valence-electron chi connectivity index (χ1n) is 13.1. The molecule has 2 unspecified atom stereocenters. The summed E-state index contributed by atoms with van der Waals surface area (Å²) in [6.45, 7) is -0.423. The van der Waals surface area contributed by atoms with Crippen LogP contribution in [-0.4, -0.2) is 48.0 Å². The number of aromatic nitrogens is 3. The van der Waals surface area contributed by atoms with Crippen LogP contribution in [-0.2, 0) is 35.3 Å². The standard InChI is InChI=1S/C15H13F3O3S.C14H15Cl2N3OS/c16-15(17,18)11-4-1-3-10(7-11)9-21-14(20)12(8-19)13-5-2-6-22-13;15-11-4-2-1-3-10(11)7-14(20,13(16)5-6-13)8-19-12(21)17-9-18-19/h1-7,12,19H,8-9H2;1-4,9,20H,5-8H2,(H,17,18,21). The van der Waals surface area contributed by atoms with E-state index in [-0.39, 0.29) is 18.7 Å². The van der Waals surface area contributed by atoms with Crippen LogP contribution in [0.3, 0.4) is 0 Å². The lowest BCUT2D eigenvalue weighted by Gasteiger charge is -2.33. The molecule has 2 heterocycles. The number of hydrogen-bond donors (Lipinski definition) is 3. The van der Waals surface area contributed by atoms with Gasteiger partial charge in [-0.05, 0) is 65.8 Å². The second kappa shape index (κ2) is 13.9. The lowest BCUT2D eigenvalue weighted by atomic mass is 9.89.